The van der Waals surface area contributed by atoms with E-state index in [9.17, 15) is 13.2 Å². The summed E-state index contributed by atoms with van der Waals surface area (Å²) in [6, 6.07) is 9.94. The van der Waals surface area contributed by atoms with E-state index in [1.54, 1.807) is 6.92 Å². The van der Waals surface area contributed by atoms with Gasteiger partial charge >= 0.3 is 0 Å². The lowest BCUT2D eigenvalue weighted by atomic mass is 10.0. The number of hydrogen-bond donors (Lipinski definition) is 0. The summed E-state index contributed by atoms with van der Waals surface area (Å²) in [4.78, 5) is 6.67. The first-order valence-corrected chi connectivity index (χ1v) is 8.92. The average Bonchev–Trinajstić information content (AvgIpc) is 3.25. The number of likely N-dealkylation sites (tertiary alicyclic amines) is 1. The molecule has 140 valence electrons. The van der Waals surface area contributed by atoms with Gasteiger partial charge in [-0.2, -0.15) is 0 Å². The van der Waals surface area contributed by atoms with Crippen LogP contribution in [0.3, 0.4) is 0 Å². The summed E-state index contributed by atoms with van der Waals surface area (Å²) < 4.78 is 46.3. The predicted octanol–water partition coefficient (Wildman–Crippen LogP) is 5.40. The third-order valence-corrected chi connectivity index (χ3v) is 5.02. The molecule has 1 saturated heterocycles. The fraction of sp³-hybridized carbons (Fsp3) is 0.286. The van der Waals surface area contributed by atoms with Crippen LogP contribution in [0.25, 0.3) is 11.5 Å². The summed E-state index contributed by atoms with van der Waals surface area (Å²) in [6.07, 6.45) is 2.01. The number of aryl methyl sites for hydroxylation is 1. The lowest BCUT2D eigenvalue weighted by molar-refractivity contribution is 0.244. The molecule has 0 amide bonds. The summed E-state index contributed by atoms with van der Waals surface area (Å²) in [7, 11) is 0. The van der Waals surface area contributed by atoms with Crippen molar-refractivity contribution in [2.24, 2.45) is 0 Å². The lowest BCUT2D eigenvalue weighted by Gasteiger charge is -2.24. The highest BCUT2D eigenvalue weighted by Gasteiger charge is 2.28. The fourth-order valence-electron chi connectivity index (χ4n) is 3.62. The van der Waals surface area contributed by atoms with Gasteiger partial charge in [0.2, 0.25) is 5.89 Å². The summed E-state index contributed by atoms with van der Waals surface area (Å²) in [5.74, 6) is -0.706. The molecule has 0 spiro atoms. The Hall–Kier alpha value is -2.60. The smallest absolute Gasteiger partial charge is 0.229 e. The maximum absolute atomic E-state index is 14.0. The van der Waals surface area contributed by atoms with Crippen LogP contribution < -0.4 is 0 Å². The molecule has 0 radical (unpaired) electrons. The zero-order valence-corrected chi connectivity index (χ0v) is 14.9. The zero-order valence-electron chi connectivity index (χ0n) is 14.9. The topological polar surface area (TPSA) is 29.3 Å². The average molecular weight is 372 g/mol. The van der Waals surface area contributed by atoms with Crippen LogP contribution in [0.2, 0.25) is 0 Å². The van der Waals surface area contributed by atoms with E-state index in [1.807, 2.05) is 12.1 Å². The van der Waals surface area contributed by atoms with E-state index in [4.69, 9.17) is 4.42 Å². The summed E-state index contributed by atoms with van der Waals surface area (Å²) >= 11 is 0. The van der Waals surface area contributed by atoms with Gasteiger partial charge in [0.1, 0.15) is 23.2 Å². The van der Waals surface area contributed by atoms with E-state index in [1.165, 1.54) is 12.1 Å². The van der Waals surface area contributed by atoms with Crippen LogP contribution in [0.15, 0.2) is 46.9 Å². The van der Waals surface area contributed by atoms with Crippen molar-refractivity contribution in [1.82, 2.24) is 9.88 Å². The minimum atomic E-state index is -0.574. The minimum absolute atomic E-state index is 0.0147. The largest absolute Gasteiger partial charge is 0.441 e. The monoisotopic (exact) mass is 372 g/mol. The Morgan fingerprint density at radius 2 is 1.81 bits per heavy atom. The second kappa shape index (κ2) is 7.19. The van der Waals surface area contributed by atoms with Gasteiger partial charge in [0.25, 0.3) is 0 Å². The van der Waals surface area contributed by atoms with E-state index in [0.29, 0.717) is 18.0 Å². The second-order valence-corrected chi connectivity index (χ2v) is 6.83. The highest BCUT2D eigenvalue weighted by atomic mass is 19.1. The number of nitrogens with zero attached hydrogens (tertiary/aromatic N) is 2. The molecule has 1 aliphatic heterocycles. The maximum atomic E-state index is 14.0. The van der Waals surface area contributed by atoms with Gasteiger partial charge in [0.15, 0.2) is 0 Å². The van der Waals surface area contributed by atoms with Crippen molar-refractivity contribution >= 4 is 0 Å². The molecule has 4 rings (SSSR count). The van der Waals surface area contributed by atoms with E-state index >= 15 is 0 Å². The molecule has 1 fully saturated rings. The van der Waals surface area contributed by atoms with Crippen molar-refractivity contribution < 1.29 is 17.6 Å². The first-order chi connectivity index (χ1) is 13.0. The maximum Gasteiger partial charge on any atom is 0.229 e. The van der Waals surface area contributed by atoms with Crippen molar-refractivity contribution in [2.45, 2.75) is 32.4 Å². The van der Waals surface area contributed by atoms with E-state index in [0.717, 1.165) is 43.1 Å². The molecule has 27 heavy (non-hydrogen) atoms. The molecule has 0 aliphatic carbocycles. The molecule has 3 aromatic rings. The van der Waals surface area contributed by atoms with Gasteiger partial charge in [-0.3, -0.25) is 4.90 Å². The normalized spacial score (nSPS) is 17.6. The molecule has 2 aromatic carbocycles. The number of oxazole rings is 1. The highest BCUT2D eigenvalue weighted by Crippen LogP contribution is 2.34. The number of benzene rings is 2. The van der Waals surface area contributed by atoms with Gasteiger partial charge in [0.05, 0.1) is 11.3 Å². The Bertz CT molecular complexity index is 953. The zero-order chi connectivity index (χ0) is 19.0. The molecule has 1 aromatic heterocycles. The van der Waals surface area contributed by atoms with Gasteiger partial charge in [-0.15, -0.1) is 0 Å². The predicted molar refractivity (Wildman–Crippen MR) is 95.4 cm³/mol. The molecule has 1 aliphatic rings. The van der Waals surface area contributed by atoms with E-state index < -0.39 is 11.6 Å². The quantitative estimate of drug-likeness (QED) is 0.614. The van der Waals surface area contributed by atoms with Crippen LogP contribution in [0.4, 0.5) is 13.2 Å². The van der Waals surface area contributed by atoms with Crippen molar-refractivity contribution in [1.29, 1.82) is 0 Å². The molecule has 0 N–H and O–H groups in total. The summed E-state index contributed by atoms with van der Waals surface area (Å²) in [5.41, 5.74) is 1.77. The molecule has 0 saturated carbocycles. The summed E-state index contributed by atoms with van der Waals surface area (Å²) in [6.45, 7) is 3.19. The van der Waals surface area contributed by atoms with Crippen molar-refractivity contribution in [3.8, 4) is 11.5 Å². The molecular formula is C21H19F3N2O. The molecular weight excluding hydrogens is 353 g/mol. The Kier molecular flexibility index (Phi) is 4.74. The molecule has 6 heteroatoms. The second-order valence-electron chi connectivity index (χ2n) is 6.83. The van der Waals surface area contributed by atoms with Crippen LogP contribution in [0.5, 0.6) is 0 Å². The molecule has 1 unspecified atom stereocenters. The van der Waals surface area contributed by atoms with Crippen LogP contribution in [0.1, 0.15) is 35.9 Å². The lowest BCUT2D eigenvalue weighted by Crippen LogP contribution is -2.23. The van der Waals surface area contributed by atoms with Crippen LogP contribution in [0, 0.1) is 24.4 Å². The Morgan fingerprint density at radius 3 is 2.59 bits per heavy atom. The van der Waals surface area contributed by atoms with Crippen LogP contribution in [-0.4, -0.2) is 16.4 Å². The van der Waals surface area contributed by atoms with Crippen LogP contribution >= 0.6 is 0 Å². The fourth-order valence-corrected chi connectivity index (χ4v) is 3.62. The van der Waals surface area contributed by atoms with Gasteiger partial charge in [-0.25, -0.2) is 18.2 Å². The third kappa shape index (κ3) is 3.62. The third-order valence-electron chi connectivity index (χ3n) is 5.02. The number of halogens is 3. The van der Waals surface area contributed by atoms with Gasteiger partial charge in [-0.1, -0.05) is 12.1 Å². The Balaban J connectivity index is 1.58. The molecule has 0 bridgehead atoms. The van der Waals surface area contributed by atoms with Gasteiger partial charge < -0.3 is 4.42 Å². The number of rotatable bonds is 4. The SMILES string of the molecule is Cc1oc(-c2cc(F)ccc2F)nc1CN1CCCC1c1ccc(F)cc1. The molecule has 1 atom stereocenters. The minimum Gasteiger partial charge on any atom is -0.441 e. The van der Waals surface area contributed by atoms with Gasteiger partial charge in [-0.05, 0) is 62.2 Å². The highest BCUT2D eigenvalue weighted by molar-refractivity contribution is 5.54. The molecule has 2 heterocycles. The summed E-state index contributed by atoms with van der Waals surface area (Å²) in [5, 5.41) is 0. The number of hydrogen-bond acceptors (Lipinski definition) is 3. The van der Waals surface area contributed by atoms with Crippen molar-refractivity contribution in [2.75, 3.05) is 6.54 Å². The number of aromatic nitrogens is 1. The first-order valence-electron chi connectivity index (χ1n) is 8.92. The van der Waals surface area contributed by atoms with E-state index in [-0.39, 0.29) is 23.3 Å². The first kappa shape index (κ1) is 17.8. The van der Waals surface area contributed by atoms with Crippen LogP contribution in [-0.2, 0) is 6.54 Å². The van der Waals surface area contributed by atoms with Gasteiger partial charge in [0, 0.05) is 12.6 Å². The van der Waals surface area contributed by atoms with E-state index in [2.05, 4.69) is 9.88 Å². The standard InChI is InChI=1S/C21H19F3N2O/c1-13-19(25-21(27-13)17-11-16(23)8-9-18(17)24)12-26-10-2-3-20(26)14-4-6-15(22)7-5-14/h4-9,11,20H,2-3,10,12H2,1H3. The van der Waals surface area contributed by atoms with Crippen molar-refractivity contribution in [3.05, 3.63) is 76.9 Å². The van der Waals surface area contributed by atoms with Crippen molar-refractivity contribution in [3.63, 3.8) is 0 Å². The molecule has 3 nitrogen and oxygen atoms in total. The Labute approximate surface area is 155 Å². The Morgan fingerprint density at radius 1 is 1.07 bits per heavy atom.